The molecule has 0 aromatic carbocycles. The smallest absolute Gasteiger partial charge is 0.245 e. The van der Waals surface area contributed by atoms with E-state index in [0.717, 1.165) is 18.8 Å². The standard InChI is InChI=1S/C15H24N2O3/c1-9(18)12(17-13(19)10-2-3-10)14(20)16-8-15(6-7-15)11-4-5-11/h9-12,18H,2-8H2,1H3,(H,16,20)(H,17,19). The first-order valence-corrected chi connectivity index (χ1v) is 7.78. The van der Waals surface area contributed by atoms with E-state index >= 15 is 0 Å². The first-order chi connectivity index (χ1) is 9.52. The summed E-state index contributed by atoms with van der Waals surface area (Å²) in [6, 6.07) is -0.821. The van der Waals surface area contributed by atoms with Crippen molar-refractivity contribution in [1.82, 2.24) is 10.6 Å². The maximum Gasteiger partial charge on any atom is 0.245 e. The van der Waals surface area contributed by atoms with Crippen LogP contribution in [0.4, 0.5) is 0 Å². The predicted molar refractivity (Wildman–Crippen MR) is 73.7 cm³/mol. The highest BCUT2D eigenvalue weighted by Crippen LogP contribution is 2.60. The van der Waals surface area contributed by atoms with Gasteiger partial charge >= 0.3 is 0 Å². The second kappa shape index (κ2) is 5.02. The summed E-state index contributed by atoms with van der Waals surface area (Å²) in [6.45, 7) is 2.24. The molecule has 3 saturated carbocycles. The van der Waals surface area contributed by atoms with Gasteiger partial charge in [0.15, 0.2) is 0 Å². The zero-order valence-electron chi connectivity index (χ0n) is 12.0. The van der Waals surface area contributed by atoms with E-state index in [9.17, 15) is 14.7 Å². The summed E-state index contributed by atoms with van der Waals surface area (Å²) in [5.41, 5.74) is 0.333. The van der Waals surface area contributed by atoms with Crippen LogP contribution in [0, 0.1) is 17.3 Å². The second-order valence-corrected chi connectivity index (χ2v) is 6.86. The molecule has 2 atom stereocenters. The van der Waals surface area contributed by atoms with Crippen molar-refractivity contribution in [2.45, 2.75) is 57.6 Å². The van der Waals surface area contributed by atoms with Gasteiger partial charge in [0.25, 0.3) is 0 Å². The molecule has 3 aliphatic carbocycles. The van der Waals surface area contributed by atoms with Crippen molar-refractivity contribution in [2.24, 2.45) is 17.3 Å². The molecule has 0 saturated heterocycles. The maximum atomic E-state index is 12.2. The van der Waals surface area contributed by atoms with Gasteiger partial charge < -0.3 is 15.7 Å². The van der Waals surface area contributed by atoms with Crippen LogP contribution in [0.2, 0.25) is 0 Å². The molecule has 5 heteroatoms. The minimum absolute atomic E-state index is 0.0466. The largest absolute Gasteiger partial charge is 0.391 e. The molecular weight excluding hydrogens is 256 g/mol. The van der Waals surface area contributed by atoms with Gasteiger partial charge in [0.2, 0.25) is 11.8 Å². The monoisotopic (exact) mass is 280 g/mol. The van der Waals surface area contributed by atoms with Crippen LogP contribution in [0.3, 0.4) is 0 Å². The number of aliphatic hydroxyl groups is 1. The van der Waals surface area contributed by atoms with Crippen LogP contribution >= 0.6 is 0 Å². The minimum Gasteiger partial charge on any atom is -0.391 e. The highest BCUT2D eigenvalue weighted by molar-refractivity contribution is 5.89. The zero-order chi connectivity index (χ0) is 14.3. The average Bonchev–Trinajstić information content (AvgIpc) is 3.29. The van der Waals surface area contributed by atoms with Crippen LogP contribution < -0.4 is 10.6 Å². The number of amides is 2. The van der Waals surface area contributed by atoms with Gasteiger partial charge in [-0.25, -0.2) is 0 Å². The van der Waals surface area contributed by atoms with Crippen molar-refractivity contribution in [3.63, 3.8) is 0 Å². The first-order valence-electron chi connectivity index (χ1n) is 7.78. The molecule has 0 aromatic heterocycles. The predicted octanol–water partition coefficient (Wildman–Crippen LogP) is 0.568. The Morgan fingerprint density at radius 3 is 2.35 bits per heavy atom. The summed E-state index contributed by atoms with van der Waals surface area (Å²) in [6.07, 6.45) is 5.89. The maximum absolute atomic E-state index is 12.2. The quantitative estimate of drug-likeness (QED) is 0.638. The number of rotatable bonds is 7. The van der Waals surface area contributed by atoms with E-state index in [0.29, 0.717) is 12.0 Å². The number of carbonyl (C=O) groups excluding carboxylic acids is 2. The van der Waals surface area contributed by atoms with Crippen molar-refractivity contribution in [2.75, 3.05) is 6.54 Å². The summed E-state index contributed by atoms with van der Waals surface area (Å²) in [5, 5.41) is 15.3. The van der Waals surface area contributed by atoms with Gasteiger partial charge in [-0.15, -0.1) is 0 Å². The van der Waals surface area contributed by atoms with Crippen LogP contribution in [0.15, 0.2) is 0 Å². The van der Waals surface area contributed by atoms with E-state index in [2.05, 4.69) is 10.6 Å². The van der Waals surface area contributed by atoms with E-state index < -0.39 is 12.1 Å². The van der Waals surface area contributed by atoms with Gasteiger partial charge in [-0.1, -0.05) is 0 Å². The second-order valence-electron chi connectivity index (χ2n) is 6.86. The molecule has 0 radical (unpaired) electrons. The summed E-state index contributed by atoms with van der Waals surface area (Å²) in [7, 11) is 0. The highest BCUT2D eigenvalue weighted by Gasteiger charge is 2.53. The zero-order valence-corrected chi connectivity index (χ0v) is 12.0. The molecule has 3 N–H and O–H groups in total. The van der Waals surface area contributed by atoms with E-state index in [1.165, 1.54) is 25.7 Å². The molecule has 2 unspecified atom stereocenters. The molecule has 3 fully saturated rings. The Balaban J connectivity index is 1.50. The number of nitrogens with one attached hydrogen (secondary N) is 2. The molecule has 0 aliphatic heterocycles. The summed E-state index contributed by atoms with van der Waals surface area (Å²) in [5.74, 6) is 0.481. The minimum atomic E-state index is -0.867. The topological polar surface area (TPSA) is 78.4 Å². The van der Waals surface area contributed by atoms with Crippen molar-refractivity contribution in [3.05, 3.63) is 0 Å². The summed E-state index contributed by atoms with van der Waals surface area (Å²) >= 11 is 0. The lowest BCUT2D eigenvalue weighted by Crippen LogP contribution is -2.53. The number of carbonyl (C=O) groups is 2. The first kappa shape index (κ1) is 13.9. The number of hydrogen-bond donors (Lipinski definition) is 3. The highest BCUT2D eigenvalue weighted by atomic mass is 16.3. The van der Waals surface area contributed by atoms with Gasteiger partial charge in [-0.3, -0.25) is 9.59 Å². The molecule has 5 nitrogen and oxygen atoms in total. The third-order valence-electron chi connectivity index (χ3n) is 4.96. The Kier molecular flexibility index (Phi) is 3.48. The average molecular weight is 280 g/mol. The van der Waals surface area contributed by atoms with Crippen molar-refractivity contribution in [1.29, 1.82) is 0 Å². The fourth-order valence-electron chi connectivity index (χ4n) is 2.98. The Bertz CT molecular complexity index is 409. The Morgan fingerprint density at radius 2 is 1.90 bits per heavy atom. The Hall–Kier alpha value is -1.10. The fraction of sp³-hybridized carbons (Fsp3) is 0.867. The molecule has 0 bridgehead atoms. The van der Waals surface area contributed by atoms with Gasteiger partial charge in [-0.2, -0.15) is 0 Å². The lowest BCUT2D eigenvalue weighted by molar-refractivity contribution is -0.132. The lowest BCUT2D eigenvalue weighted by Gasteiger charge is -2.23. The molecule has 20 heavy (non-hydrogen) atoms. The molecular formula is C15H24N2O3. The SMILES string of the molecule is CC(O)C(NC(=O)C1CC1)C(=O)NCC1(C2CC2)CC1. The summed E-state index contributed by atoms with van der Waals surface area (Å²) < 4.78 is 0. The molecule has 2 amide bonds. The molecule has 0 spiro atoms. The summed E-state index contributed by atoms with van der Waals surface area (Å²) in [4.78, 5) is 23.9. The van der Waals surface area contributed by atoms with Crippen LogP contribution in [0.25, 0.3) is 0 Å². The molecule has 3 aliphatic rings. The van der Waals surface area contributed by atoms with E-state index in [-0.39, 0.29) is 17.7 Å². The van der Waals surface area contributed by atoms with E-state index in [1.54, 1.807) is 6.92 Å². The third kappa shape index (κ3) is 2.97. The van der Waals surface area contributed by atoms with Gasteiger partial charge in [0.1, 0.15) is 6.04 Å². The molecule has 0 aromatic rings. The Labute approximate surface area is 119 Å². The Morgan fingerprint density at radius 1 is 1.25 bits per heavy atom. The molecule has 0 heterocycles. The van der Waals surface area contributed by atoms with Crippen molar-refractivity contribution in [3.8, 4) is 0 Å². The van der Waals surface area contributed by atoms with E-state index in [4.69, 9.17) is 0 Å². The molecule has 3 rings (SSSR count). The van der Waals surface area contributed by atoms with E-state index in [1.807, 2.05) is 0 Å². The van der Waals surface area contributed by atoms with Crippen molar-refractivity contribution < 1.29 is 14.7 Å². The normalized spacial score (nSPS) is 26.5. The van der Waals surface area contributed by atoms with Gasteiger partial charge in [-0.05, 0) is 56.8 Å². The molecule has 112 valence electrons. The lowest BCUT2D eigenvalue weighted by atomic mass is 10.0. The van der Waals surface area contributed by atoms with Crippen molar-refractivity contribution >= 4 is 11.8 Å². The van der Waals surface area contributed by atoms with Crippen LogP contribution in [0.1, 0.15) is 45.4 Å². The number of aliphatic hydroxyl groups excluding tert-OH is 1. The third-order valence-corrected chi connectivity index (χ3v) is 4.96. The van der Waals surface area contributed by atoms with Crippen LogP contribution in [0.5, 0.6) is 0 Å². The number of hydrogen-bond acceptors (Lipinski definition) is 3. The van der Waals surface area contributed by atoms with Gasteiger partial charge in [0.05, 0.1) is 6.10 Å². The van der Waals surface area contributed by atoms with Crippen LogP contribution in [-0.4, -0.2) is 35.6 Å². The van der Waals surface area contributed by atoms with Crippen LogP contribution in [-0.2, 0) is 9.59 Å². The fourth-order valence-corrected chi connectivity index (χ4v) is 2.98. The van der Waals surface area contributed by atoms with Gasteiger partial charge in [0, 0.05) is 12.5 Å².